The third-order valence-electron chi connectivity index (χ3n) is 4.54. The van der Waals surface area contributed by atoms with Gasteiger partial charge in [0.05, 0.1) is 24.2 Å². The Morgan fingerprint density at radius 3 is 2.52 bits per heavy atom. The van der Waals surface area contributed by atoms with E-state index in [0.29, 0.717) is 24.8 Å². The number of para-hydroxylation sites is 1. The first-order valence-electron chi connectivity index (χ1n) is 8.65. The number of nitro groups is 1. The smallest absolute Gasteiger partial charge is 0.282 e. The minimum Gasteiger partial charge on any atom is -0.379 e. The summed E-state index contributed by atoms with van der Waals surface area (Å²) < 4.78 is 5.42. The summed E-state index contributed by atoms with van der Waals surface area (Å²) in [5, 5.41) is 14.6. The van der Waals surface area contributed by atoms with Crippen molar-refractivity contribution in [2.45, 2.75) is 6.04 Å². The molecule has 142 valence electrons. The van der Waals surface area contributed by atoms with Crippen LogP contribution in [0.15, 0.2) is 48.5 Å². The molecule has 0 bridgehead atoms. The average molecular weight is 390 g/mol. The van der Waals surface area contributed by atoms with Crippen molar-refractivity contribution in [1.82, 2.24) is 10.2 Å². The fraction of sp³-hybridized carbons (Fsp3) is 0.316. The first-order valence-corrected chi connectivity index (χ1v) is 9.03. The van der Waals surface area contributed by atoms with Gasteiger partial charge in [-0.3, -0.25) is 19.8 Å². The Bertz CT molecular complexity index is 807. The first-order chi connectivity index (χ1) is 13.1. The number of halogens is 1. The Balaban J connectivity index is 1.77. The van der Waals surface area contributed by atoms with Crippen molar-refractivity contribution in [2.75, 3.05) is 32.8 Å². The highest BCUT2D eigenvalue weighted by atomic mass is 35.5. The molecule has 8 heteroatoms. The van der Waals surface area contributed by atoms with Crippen molar-refractivity contribution in [1.29, 1.82) is 0 Å². The van der Waals surface area contributed by atoms with Crippen molar-refractivity contribution in [3.05, 3.63) is 74.8 Å². The molecule has 1 atom stereocenters. The van der Waals surface area contributed by atoms with Crippen molar-refractivity contribution < 1.29 is 14.5 Å². The van der Waals surface area contributed by atoms with Crippen molar-refractivity contribution in [3.63, 3.8) is 0 Å². The van der Waals surface area contributed by atoms with E-state index in [-0.39, 0.29) is 17.3 Å². The summed E-state index contributed by atoms with van der Waals surface area (Å²) in [6.45, 7) is 3.07. The second kappa shape index (κ2) is 8.94. The number of amides is 1. The van der Waals surface area contributed by atoms with Gasteiger partial charge in [0.15, 0.2) is 0 Å². The van der Waals surface area contributed by atoms with Gasteiger partial charge < -0.3 is 10.1 Å². The van der Waals surface area contributed by atoms with E-state index in [4.69, 9.17) is 16.3 Å². The summed E-state index contributed by atoms with van der Waals surface area (Å²) in [4.78, 5) is 25.4. The van der Waals surface area contributed by atoms with Gasteiger partial charge in [0.1, 0.15) is 5.56 Å². The summed E-state index contributed by atoms with van der Waals surface area (Å²) in [5.41, 5.74) is 0.868. The van der Waals surface area contributed by atoms with Gasteiger partial charge in [-0.1, -0.05) is 35.9 Å². The van der Waals surface area contributed by atoms with Gasteiger partial charge in [0.2, 0.25) is 0 Å². The van der Waals surface area contributed by atoms with Crippen LogP contribution in [0.1, 0.15) is 22.0 Å². The maximum atomic E-state index is 12.6. The molecule has 1 unspecified atom stereocenters. The Labute approximate surface area is 162 Å². The van der Waals surface area contributed by atoms with Crippen LogP contribution in [0.25, 0.3) is 0 Å². The standard InChI is InChI=1S/C19H20ClN3O4/c20-15-7-5-14(6-8-15)18(22-9-11-27-12-10-22)13-21-19(24)16-3-1-2-4-17(16)23(25)26/h1-8,18H,9-13H2,(H,21,24). The number of carbonyl (C=O) groups excluding carboxylic acids is 1. The number of hydrogen-bond acceptors (Lipinski definition) is 5. The second-order valence-corrected chi connectivity index (χ2v) is 6.64. The Hall–Kier alpha value is -2.48. The quantitative estimate of drug-likeness (QED) is 0.606. The molecule has 1 heterocycles. The van der Waals surface area contributed by atoms with E-state index in [0.717, 1.165) is 18.7 Å². The zero-order valence-corrected chi connectivity index (χ0v) is 15.4. The number of nitrogens with zero attached hydrogens (tertiary/aromatic N) is 2. The van der Waals surface area contributed by atoms with Gasteiger partial charge in [0, 0.05) is 30.7 Å². The van der Waals surface area contributed by atoms with Crippen LogP contribution < -0.4 is 5.32 Å². The average Bonchev–Trinajstić information content (AvgIpc) is 2.70. The zero-order valence-electron chi connectivity index (χ0n) is 14.6. The van der Waals surface area contributed by atoms with Crippen molar-refractivity contribution >= 4 is 23.2 Å². The zero-order chi connectivity index (χ0) is 19.2. The van der Waals surface area contributed by atoms with Crippen LogP contribution in [-0.2, 0) is 4.74 Å². The van der Waals surface area contributed by atoms with Crippen LogP contribution in [-0.4, -0.2) is 48.6 Å². The molecule has 3 rings (SSSR count). The SMILES string of the molecule is O=C(NCC(c1ccc(Cl)cc1)N1CCOCC1)c1ccccc1[N+](=O)[O-]. The van der Waals surface area contributed by atoms with Gasteiger partial charge in [0.25, 0.3) is 11.6 Å². The fourth-order valence-corrected chi connectivity index (χ4v) is 3.27. The number of hydrogen-bond donors (Lipinski definition) is 1. The molecule has 0 spiro atoms. The maximum absolute atomic E-state index is 12.6. The molecule has 1 aliphatic rings. The largest absolute Gasteiger partial charge is 0.379 e. The van der Waals surface area contributed by atoms with Gasteiger partial charge in [-0.15, -0.1) is 0 Å². The summed E-state index contributed by atoms with van der Waals surface area (Å²) in [6.07, 6.45) is 0. The molecule has 2 aromatic carbocycles. The second-order valence-electron chi connectivity index (χ2n) is 6.20. The predicted octanol–water partition coefficient (Wildman–Crippen LogP) is 3.05. The molecule has 1 aliphatic heterocycles. The first kappa shape index (κ1) is 19.3. The molecule has 7 nitrogen and oxygen atoms in total. The van der Waals surface area contributed by atoms with E-state index in [2.05, 4.69) is 10.2 Å². The third kappa shape index (κ3) is 4.82. The molecule has 0 aliphatic carbocycles. The number of ether oxygens (including phenoxy) is 1. The number of benzene rings is 2. The number of morpholine rings is 1. The summed E-state index contributed by atoms with van der Waals surface area (Å²) in [7, 11) is 0. The fourth-order valence-electron chi connectivity index (χ4n) is 3.14. The minimum atomic E-state index is -0.548. The number of nitrogens with one attached hydrogen (secondary N) is 1. The number of rotatable bonds is 6. The molecule has 1 amide bonds. The lowest BCUT2D eigenvalue weighted by Crippen LogP contribution is -2.43. The van der Waals surface area contributed by atoms with Crippen LogP contribution in [0.3, 0.4) is 0 Å². The Kier molecular flexibility index (Phi) is 6.39. The number of carbonyl (C=O) groups is 1. The highest BCUT2D eigenvalue weighted by Crippen LogP contribution is 2.24. The highest BCUT2D eigenvalue weighted by molar-refractivity contribution is 6.30. The molecule has 1 fully saturated rings. The molecule has 0 aromatic heterocycles. The van der Waals surface area contributed by atoms with Crippen molar-refractivity contribution in [3.8, 4) is 0 Å². The summed E-state index contributed by atoms with van der Waals surface area (Å²) in [6, 6.07) is 13.4. The maximum Gasteiger partial charge on any atom is 0.282 e. The van der Waals surface area contributed by atoms with E-state index in [9.17, 15) is 14.9 Å². The van der Waals surface area contributed by atoms with E-state index in [1.54, 1.807) is 12.1 Å². The van der Waals surface area contributed by atoms with Gasteiger partial charge >= 0.3 is 0 Å². The van der Waals surface area contributed by atoms with Gasteiger partial charge in [-0.2, -0.15) is 0 Å². The predicted molar refractivity (Wildman–Crippen MR) is 102 cm³/mol. The van der Waals surface area contributed by atoms with Crippen LogP contribution >= 0.6 is 11.6 Å². The monoisotopic (exact) mass is 389 g/mol. The highest BCUT2D eigenvalue weighted by Gasteiger charge is 2.25. The molecule has 0 saturated carbocycles. The van der Waals surface area contributed by atoms with E-state index < -0.39 is 10.8 Å². The molecular formula is C19H20ClN3O4. The van der Waals surface area contributed by atoms with E-state index in [1.807, 2.05) is 24.3 Å². The Morgan fingerprint density at radius 2 is 1.85 bits per heavy atom. The minimum absolute atomic E-state index is 0.0549. The lowest BCUT2D eigenvalue weighted by Gasteiger charge is -2.35. The topological polar surface area (TPSA) is 84.7 Å². The summed E-state index contributed by atoms with van der Waals surface area (Å²) in [5.74, 6) is -0.463. The molecule has 2 aromatic rings. The molecule has 0 radical (unpaired) electrons. The van der Waals surface area contributed by atoms with Gasteiger partial charge in [-0.05, 0) is 23.8 Å². The van der Waals surface area contributed by atoms with Crippen LogP contribution in [0.5, 0.6) is 0 Å². The Morgan fingerprint density at radius 1 is 1.19 bits per heavy atom. The number of nitro benzene ring substituents is 1. The lowest BCUT2D eigenvalue weighted by molar-refractivity contribution is -0.385. The molecule has 1 saturated heterocycles. The molecule has 27 heavy (non-hydrogen) atoms. The van der Waals surface area contributed by atoms with Crippen LogP contribution in [0, 0.1) is 10.1 Å². The lowest BCUT2D eigenvalue weighted by atomic mass is 10.0. The van der Waals surface area contributed by atoms with Crippen molar-refractivity contribution in [2.24, 2.45) is 0 Å². The van der Waals surface area contributed by atoms with E-state index >= 15 is 0 Å². The third-order valence-corrected chi connectivity index (χ3v) is 4.79. The summed E-state index contributed by atoms with van der Waals surface area (Å²) >= 11 is 5.99. The molecule has 1 N–H and O–H groups in total. The van der Waals surface area contributed by atoms with E-state index in [1.165, 1.54) is 12.1 Å². The molecular weight excluding hydrogens is 370 g/mol. The van der Waals surface area contributed by atoms with Crippen LogP contribution in [0.2, 0.25) is 5.02 Å². The van der Waals surface area contributed by atoms with Crippen LogP contribution in [0.4, 0.5) is 5.69 Å². The van der Waals surface area contributed by atoms with Gasteiger partial charge in [-0.25, -0.2) is 0 Å². The normalized spacial score (nSPS) is 15.9.